The first-order chi connectivity index (χ1) is 7.72. The first-order valence-corrected chi connectivity index (χ1v) is 4.87. The van der Waals surface area contributed by atoms with E-state index < -0.39 is 5.97 Å². The van der Waals surface area contributed by atoms with E-state index in [2.05, 4.69) is 0 Å². The number of ether oxygens (including phenoxy) is 4. The highest BCUT2D eigenvalue weighted by Crippen LogP contribution is 2.45. The molecule has 86 valence electrons. The smallest absolute Gasteiger partial charge is 0.308 e. The molecular weight excluding hydrogens is 212 g/mol. The van der Waals surface area contributed by atoms with Gasteiger partial charge in [0.2, 0.25) is 11.5 Å². The molecule has 5 heteroatoms. The monoisotopic (exact) mass is 224 g/mol. The predicted octanol–water partition coefficient (Wildman–Crippen LogP) is 1.39. The Morgan fingerprint density at radius 3 is 2.31 bits per heavy atom. The SMILES string of the molecule is COc1ccc(OC(C)=O)c2c1OCCO2. The average molecular weight is 224 g/mol. The average Bonchev–Trinajstić information content (AvgIpc) is 2.29. The minimum Gasteiger partial charge on any atom is -0.493 e. The largest absolute Gasteiger partial charge is 0.493 e. The fourth-order valence-electron chi connectivity index (χ4n) is 1.48. The Kier molecular flexibility index (Phi) is 2.85. The summed E-state index contributed by atoms with van der Waals surface area (Å²) in [6.45, 7) is 2.21. The number of rotatable bonds is 2. The molecule has 0 aliphatic carbocycles. The van der Waals surface area contributed by atoms with E-state index in [0.717, 1.165) is 0 Å². The van der Waals surface area contributed by atoms with Gasteiger partial charge >= 0.3 is 5.97 Å². The van der Waals surface area contributed by atoms with Gasteiger partial charge in [0, 0.05) is 6.92 Å². The summed E-state index contributed by atoms with van der Waals surface area (Å²) in [7, 11) is 1.54. The Labute approximate surface area is 92.9 Å². The zero-order valence-electron chi connectivity index (χ0n) is 9.11. The first kappa shape index (κ1) is 10.6. The van der Waals surface area contributed by atoms with E-state index >= 15 is 0 Å². The Bertz CT molecular complexity index is 413. The van der Waals surface area contributed by atoms with E-state index in [4.69, 9.17) is 18.9 Å². The summed E-state index contributed by atoms with van der Waals surface area (Å²) in [4.78, 5) is 10.9. The molecule has 0 bridgehead atoms. The van der Waals surface area contributed by atoms with Crippen molar-refractivity contribution in [2.75, 3.05) is 20.3 Å². The highest BCUT2D eigenvalue weighted by molar-refractivity contribution is 5.72. The highest BCUT2D eigenvalue weighted by Gasteiger charge is 2.22. The topological polar surface area (TPSA) is 54.0 Å². The third-order valence-electron chi connectivity index (χ3n) is 2.09. The number of hydrogen-bond donors (Lipinski definition) is 0. The van der Waals surface area contributed by atoms with Crippen LogP contribution in [0, 0.1) is 0 Å². The van der Waals surface area contributed by atoms with E-state index in [9.17, 15) is 4.79 Å². The Balaban J connectivity index is 2.43. The molecule has 1 aromatic carbocycles. The predicted molar refractivity (Wildman–Crippen MR) is 55.3 cm³/mol. The van der Waals surface area contributed by atoms with Crippen molar-refractivity contribution >= 4 is 5.97 Å². The summed E-state index contributed by atoms with van der Waals surface area (Å²) in [5.41, 5.74) is 0. The first-order valence-electron chi connectivity index (χ1n) is 4.87. The molecule has 0 radical (unpaired) electrons. The van der Waals surface area contributed by atoms with Gasteiger partial charge in [-0.25, -0.2) is 0 Å². The van der Waals surface area contributed by atoms with Gasteiger partial charge in [-0.2, -0.15) is 0 Å². The molecule has 1 heterocycles. The van der Waals surface area contributed by atoms with Crippen LogP contribution in [-0.2, 0) is 4.79 Å². The van der Waals surface area contributed by atoms with Crippen molar-refractivity contribution < 1.29 is 23.7 Å². The van der Waals surface area contributed by atoms with Crippen molar-refractivity contribution in [3.63, 3.8) is 0 Å². The molecule has 0 atom stereocenters. The van der Waals surface area contributed by atoms with Crippen molar-refractivity contribution in [1.82, 2.24) is 0 Å². The standard InChI is InChI=1S/C11H12O5/c1-7(12)16-9-4-3-8(13-2)10-11(9)15-6-5-14-10/h3-4H,5-6H2,1-2H3. The number of carbonyl (C=O) groups excluding carboxylic acids is 1. The Morgan fingerprint density at radius 2 is 1.75 bits per heavy atom. The molecule has 16 heavy (non-hydrogen) atoms. The van der Waals surface area contributed by atoms with Gasteiger partial charge < -0.3 is 18.9 Å². The fraction of sp³-hybridized carbons (Fsp3) is 0.364. The van der Waals surface area contributed by atoms with E-state index in [0.29, 0.717) is 36.2 Å². The van der Waals surface area contributed by atoms with Crippen LogP contribution in [-0.4, -0.2) is 26.3 Å². The van der Waals surface area contributed by atoms with Gasteiger partial charge in [-0.05, 0) is 12.1 Å². The van der Waals surface area contributed by atoms with Gasteiger partial charge in [-0.3, -0.25) is 4.79 Å². The summed E-state index contributed by atoms with van der Waals surface area (Å²) in [5.74, 6) is 1.41. The fourth-order valence-corrected chi connectivity index (χ4v) is 1.48. The van der Waals surface area contributed by atoms with E-state index in [1.165, 1.54) is 6.92 Å². The highest BCUT2D eigenvalue weighted by atomic mass is 16.6. The van der Waals surface area contributed by atoms with Crippen LogP contribution >= 0.6 is 0 Å². The molecule has 0 saturated heterocycles. The number of hydrogen-bond acceptors (Lipinski definition) is 5. The van der Waals surface area contributed by atoms with Crippen LogP contribution in [0.4, 0.5) is 0 Å². The van der Waals surface area contributed by atoms with E-state index in [1.807, 2.05) is 0 Å². The van der Waals surface area contributed by atoms with Crippen LogP contribution < -0.4 is 18.9 Å². The molecule has 0 aromatic heterocycles. The summed E-state index contributed by atoms with van der Waals surface area (Å²) in [5, 5.41) is 0. The molecule has 0 saturated carbocycles. The lowest BCUT2D eigenvalue weighted by Gasteiger charge is -2.22. The van der Waals surface area contributed by atoms with Gasteiger partial charge in [-0.15, -0.1) is 0 Å². The molecule has 1 aliphatic heterocycles. The molecule has 0 fully saturated rings. The summed E-state index contributed by atoms with van der Waals surface area (Å²) in [6, 6.07) is 3.29. The number of benzene rings is 1. The lowest BCUT2D eigenvalue weighted by atomic mass is 10.2. The number of esters is 1. The van der Waals surface area contributed by atoms with Crippen molar-refractivity contribution in [3.05, 3.63) is 12.1 Å². The quantitative estimate of drug-likeness (QED) is 0.561. The maximum atomic E-state index is 10.9. The molecule has 1 aromatic rings. The van der Waals surface area contributed by atoms with Gasteiger partial charge in [0.1, 0.15) is 13.2 Å². The summed E-state index contributed by atoms with van der Waals surface area (Å²) in [6.07, 6.45) is 0. The van der Waals surface area contributed by atoms with E-state index in [1.54, 1.807) is 19.2 Å². The lowest BCUT2D eigenvalue weighted by Crippen LogP contribution is -2.17. The maximum absolute atomic E-state index is 10.9. The minimum atomic E-state index is -0.401. The van der Waals surface area contributed by atoms with Gasteiger partial charge in [0.25, 0.3) is 0 Å². The normalized spacial score (nSPS) is 13.1. The van der Waals surface area contributed by atoms with Crippen molar-refractivity contribution in [1.29, 1.82) is 0 Å². The van der Waals surface area contributed by atoms with Crippen LogP contribution in [0.3, 0.4) is 0 Å². The second kappa shape index (κ2) is 4.30. The Morgan fingerprint density at radius 1 is 1.19 bits per heavy atom. The molecular formula is C11H12O5. The number of fused-ring (bicyclic) bond motifs is 1. The van der Waals surface area contributed by atoms with Crippen LogP contribution in [0.5, 0.6) is 23.0 Å². The van der Waals surface area contributed by atoms with Crippen LogP contribution in [0.1, 0.15) is 6.92 Å². The Hall–Kier alpha value is -1.91. The molecule has 0 spiro atoms. The molecule has 0 unspecified atom stereocenters. The number of carbonyl (C=O) groups is 1. The summed E-state index contributed by atoms with van der Waals surface area (Å²) < 4.78 is 21.0. The third-order valence-corrected chi connectivity index (χ3v) is 2.09. The number of methoxy groups -OCH3 is 1. The summed E-state index contributed by atoms with van der Waals surface area (Å²) >= 11 is 0. The second-order valence-corrected chi connectivity index (χ2v) is 3.21. The molecule has 0 N–H and O–H groups in total. The molecule has 0 amide bonds. The van der Waals surface area contributed by atoms with Gasteiger partial charge in [0.15, 0.2) is 11.5 Å². The van der Waals surface area contributed by atoms with Gasteiger partial charge in [0.05, 0.1) is 7.11 Å². The zero-order chi connectivity index (χ0) is 11.5. The van der Waals surface area contributed by atoms with Crippen LogP contribution in [0.15, 0.2) is 12.1 Å². The maximum Gasteiger partial charge on any atom is 0.308 e. The van der Waals surface area contributed by atoms with E-state index in [-0.39, 0.29) is 0 Å². The van der Waals surface area contributed by atoms with Crippen LogP contribution in [0.25, 0.3) is 0 Å². The van der Waals surface area contributed by atoms with Crippen molar-refractivity contribution in [2.45, 2.75) is 6.92 Å². The molecule has 1 aliphatic rings. The van der Waals surface area contributed by atoms with Crippen LogP contribution in [0.2, 0.25) is 0 Å². The second-order valence-electron chi connectivity index (χ2n) is 3.21. The molecule has 2 rings (SSSR count). The lowest BCUT2D eigenvalue weighted by molar-refractivity contribution is -0.132. The van der Waals surface area contributed by atoms with Crippen molar-refractivity contribution in [3.8, 4) is 23.0 Å². The molecule has 5 nitrogen and oxygen atoms in total. The minimum absolute atomic E-state index is 0.350. The van der Waals surface area contributed by atoms with Crippen molar-refractivity contribution in [2.24, 2.45) is 0 Å². The zero-order valence-corrected chi connectivity index (χ0v) is 9.11. The third kappa shape index (κ3) is 1.88. The van der Waals surface area contributed by atoms with Gasteiger partial charge in [-0.1, -0.05) is 0 Å².